The minimum Gasteiger partial charge on any atom is -0.480 e. The molecular weight excluding hydrogens is 189 g/mol. The van der Waals surface area contributed by atoms with Crippen LogP contribution in [0.5, 0.6) is 0 Å². The number of carboxylic acid groups (broad SMARTS) is 1. The van der Waals surface area contributed by atoms with Gasteiger partial charge in [-0.2, -0.15) is 0 Å². The van der Waals surface area contributed by atoms with Gasteiger partial charge in [-0.15, -0.1) is 0 Å². The topological polar surface area (TPSA) is 63.3 Å². The summed E-state index contributed by atoms with van der Waals surface area (Å²) in [5, 5.41) is 8.38. The lowest BCUT2D eigenvalue weighted by Gasteiger charge is -2.05. The Kier molecular flexibility index (Phi) is 4.49. The molecule has 0 aromatic rings. The second-order valence-corrected chi connectivity index (χ2v) is 3.14. The van der Waals surface area contributed by atoms with Crippen LogP contribution < -0.4 is 5.73 Å². The summed E-state index contributed by atoms with van der Waals surface area (Å²) in [6.45, 7) is 1.64. The van der Waals surface area contributed by atoms with Gasteiger partial charge in [-0.25, -0.2) is 0 Å². The van der Waals surface area contributed by atoms with E-state index in [2.05, 4.69) is 0 Å². The molecule has 0 aliphatic carbocycles. The highest BCUT2D eigenvalue weighted by atomic mass is 35.5. The predicted octanol–water partition coefficient (Wildman–Crippen LogP) is 1.50. The molecule has 0 amide bonds. The van der Waals surface area contributed by atoms with Crippen LogP contribution in [-0.4, -0.2) is 17.1 Å². The molecule has 1 atom stereocenters. The molecule has 3 N–H and O–H groups in total. The Labute approximate surface area is 74.8 Å². The van der Waals surface area contributed by atoms with Gasteiger partial charge in [0.25, 0.3) is 0 Å². The first-order valence-electron chi connectivity index (χ1n) is 2.94. The quantitative estimate of drug-likeness (QED) is 0.722. The van der Waals surface area contributed by atoms with Crippen LogP contribution in [0, 0.1) is 0 Å². The molecule has 64 valence electrons. The molecule has 0 aromatic heterocycles. The van der Waals surface area contributed by atoms with E-state index in [1.54, 1.807) is 6.92 Å². The van der Waals surface area contributed by atoms with Crippen molar-refractivity contribution in [2.75, 3.05) is 0 Å². The third-order valence-electron chi connectivity index (χ3n) is 1.17. The maximum absolute atomic E-state index is 10.2. The van der Waals surface area contributed by atoms with Crippen LogP contribution in [-0.2, 0) is 4.79 Å². The first kappa shape index (κ1) is 10.8. The molecular formula is C6H9Cl2NO2. The summed E-state index contributed by atoms with van der Waals surface area (Å²) in [5.41, 5.74) is 5.79. The molecule has 0 radical (unpaired) electrons. The first-order valence-corrected chi connectivity index (χ1v) is 3.70. The molecule has 0 unspecified atom stereocenters. The van der Waals surface area contributed by atoms with Crippen molar-refractivity contribution in [1.29, 1.82) is 0 Å². The van der Waals surface area contributed by atoms with Crippen LogP contribution >= 0.6 is 23.2 Å². The molecule has 5 heteroatoms. The van der Waals surface area contributed by atoms with E-state index in [4.69, 9.17) is 34.0 Å². The standard InChI is InChI=1S/C6H9Cl2NO2/c1-3(5(7)8)2-4(9)6(10)11/h4H,2,9H2,1H3,(H,10,11)/t4-/m0/s1. The summed E-state index contributed by atoms with van der Waals surface area (Å²) in [6, 6.07) is -0.928. The van der Waals surface area contributed by atoms with E-state index in [9.17, 15) is 4.79 Å². The summed E-state index contributed by atoms with van der Waals surface area (Å²) in [4.78, 5) is 10.2. The van der Waals surface area contributed by atoms with Crippen molar-refractivity contribution in [3.8, 4) is 0 Å². The lowest BCUT2D eigenvalue weighted by molar-refractivity contribution is -0.138. The normalized spacial score (nSPS) is 12.4. The van der Waals surface area contributed by atoms with Crippen LogP contribution in [0.4, 0.5) is 0 Å². The summed E-state index contributed by atoms with van der Waals surface area (Å²) in [6.07, 6.45) is 0.178. The maximum atomic E-state index is 10.2. The van der Waals surface area contributed by atoms with Gasteiger partial charge < -0.3 is 10.8 Å². The fourth-order valence-electron chi connectivity index (χ4n) is 0.494. The molecule has 0 aliphatic rings. The summed E-state index contributed by atoms with van der Waals surface area (Å²) >= 11 is 10.7. The molecule has 0 heterocycles. The summed E-state index contributed by atoms with van der Waals surface area (Å²) in [5.74, 6) is -1.06. The van der Waals surface area contributed by atoms with E-state index < -0.39 is 12.0 Å². The SMILES string of the molecule is CC(C[C@H](N)C(=O)O)=C(Cl)Cl. The number of hydrogen-bond donors (Lipinski definition) is 2. The number of halogens is 2. The Bertz CT molecular complexity index is 187. The van der Waals surface area contributed by atoms with Crippen molar-refractivity contribution in [2.45, 2.75) is 19.4 Å². The fraction of sp³-hybridized carbons (Fsp3) is 0.500. The monoisotopic (exact) mass is 197 g/mol. The lowest BCUT2D eigenvalue weighted by Crippen LogP contribution is -2.30. The second kappa shape index (κ2) is 4.59. The van der Waals surface area contributed by atoms with Gasteiger partial charge >= 0.3 is 5.97 Å². The minimum atomic E-state index is -1.06. The zero-order chi connectivity index (χ0) is 9.02. The number of aliphatic carboxylic acids is 1. The third-order valence-corrected chi connectivity index (χ3v) is 1.81. The van der Waals surface area contributed by atoms with Crippen LogP contribution in [0.2, 0.25) is 0 Å². The number of carboxylic acids is 1. The van der Waals surface area contributed by atoms with Crippen LogP contribution in [0.1, 0.15) is 13.3 Å². The van der Waals surface area contributed by atoms with Gasteiger partial charge in [-0.3, -0.25) is 4.79 Å². The Morgan fingerprint density at radius 1 is 1.64 bits per heavy atom. The van der Waals surface area contributed by atoms with Crippen LogP contribution in [0.3, 0.4) is 0 Å². The average Bonchev–Trinajstić information content (AvgIpc) is 1.87. The molecule has 0 saturated carbocycles. The molecule has 11 heavy (non-hydrogen) atoms. The van der Waals surface area contributed by atoms with Gasteiger partial charge in [-0.05, 0) is 18.9 Å². The molecule has 0 saturated heterocycles. The zero-order valence-electron chi connectivity index (χ0n) is 5.97. The van der Waals surface area contributed by atoms with Gasteiger partial charge in [0, 0.05) is 0 Å². The molecule has 0 aromatic carbocycles. The number of nitrogens with two attached hydrogens (primary N) is 1. The molecule has 0 spiro atoms. The Balaban J connectivity index is 4.06. The van der Waals surface area contributed by atoms with E-state index in [1.165, 1.54) is 0 Å². The predicted molar refractivity (Wildman–Crippen MR) is 44.6 cm³/mol. The third kappa shape index (κ3) is 4.24. The molecule has 0 fully saturated rings. The highest BCUT2D eigenvalue weighted by Crippen LogP contribution is 2.17. The smallest absolute Gasteiger partial charge is 0.320 e. The highest BCUT2D eigenvalue weighted by Gasteiger charge is 2.12. The van der Waals surface area contributed by atoms with E-state index >= 15 is 0 Å². The average molecular weight is 198 g/mol. The van der Waals surface area contributed by atoms with Crippen molar-refractivity contribution < 1.29 is 9.90 Å². The van der Waals surface area contributed by atoms with E-state index in [1.807, 2.05) is 0 Å². The molecule has 0 bridgehead atoms. The number of hydrogen-bond acceptors (Lipinski definition) is 2. The van der Waals surface area contributed by atoms with Gasteiger partial charge in [0.05, 0.1) is 0 Å². The lowest BCUT2D eigenvalue weighted by atomic mass is 10.1. The van der Waals surface area contributed by atoms with E-state index in [0.717, 1.165) is 0 Å². The number of carbonyl (C=O) groups is 1. The van der Waals surface area contributed by atoms with Crippen LogP contribution in [0.15, 0.2) is 10.1 Å². The molecule has 3 nitrogen and oxygen atoms in total. The van der Waals surface area contributed by atoms with Crippen molar-refractivity contribution >= 4 is 29.2 Å². The molecule has 0 aliphatic heterocycles. The second-order valence-electron chi connectivity index (χ2n) is 2.19. The van der Waals surface area contributed by atoms with Gasteiger partial charge in [-0.1, -0.05) is 23.2 Å². The van der Waals surface area contributed by atoms with Crippen molar-refractivity contribution in [3.63, 3.8) is 0 Å². The van der Waals surface area contributed by atoms with Crippen molar-refractivity contribution in [3.05, 3.63) is 10.1 Å². The van der Waals surface area contributed by atoms with Gasteiger partial charge in [0.15, 0.2) is 0 Å². The first-order chi connectivity index (χ1) is 4.95. The van der Waals surface area contributed by atoms with E-state index in [0.29, 0.717) is 5.57 Å². The fourth-order valence-corrected chi connectivity index (χ4v) is 0.649. The maximum Gasteiger partial charge on any atom is 0.320 e. The minimum absolute atomic E-state index is 0.0849. The van der Waals surface area contributed by atoms with Crippen molar-refractivity contribution in [1.82, 2.24) is 0 Å². The Hall–Kier alpha value is -0.250. The zero-order valence-corrected chi connectivity index (χ0v) is 7.49. The van der Waals surface area contributed by atoms with Gasteiger partial charge in [0.1, 0.15) is 10.5 Å². The molecule has 0 rings (SSSR count). The van der Waals surface area contributed by atoms with Gasteiger partial charge in [0.2, 0.25) is 0 Å². The van der Waals surface area contributed by atoms with Crippen LogP contribution in [0.25, 0.3) is 0 Å². The number of rotatable bonds is 3. The van der Waals surface area contributed by atoms with E-state index in [-0.39, 0.29) is 10.9 Å². The highest BCUT2D eigenvalue weighted by molar-refractivity contribution is 6.56. The van der Waals surface area contributed by atoms with Crippen molar-refractivity contribution in [2.24, 2.45) is 5.73 Å². The Morgan fingerprint density at radius 2 is 2.09 bits per heavy atom. The summed E-state index contributed by atoms with van der Waals surface area (Å²) < 4.78 is 0.0849. The summed E-state index contributed by atoms with van der Waals surface area (Å²) in [7, 11) is 0. The Morgan fingerprint density at radius 3 is 2.36 bits per heavy atom. The largest absolute Gasteiger partial charge is 0.480 e.